The second-order valence-corrected chi connectivity index (χ2v) is 3.30. The summed E-state index contributed by atoms with van der Waals surface area (Å²) in [7, 11) is 1.99. The number of likely N-dealkylation sites (N-methyl/N-ethyl adjacent to an activating group) is 1. The van der Waals surface area contributed by atoms with E-state index in [0.717, 1.165) is 13.0 Å². The first-order valence-corrected chi connectivity index (χ1v) is 4.72. The molecule has 1 aliphatic heterocycles. The summed E-state index contributed by atoms with van der Waals surface area (Å²) < 4.78 is 10.4. The lowest BCUT2D eigenvalue weighted by Gasteiger charge is -2.29. The number of esters is 1. The Morgan fingerprint density at radius 3 is 3.08 bits per heavy atom. The van der Waals surface area contributed by atoms with Gasteiger partial charge in [-0.25, -0.2) is 0 Å². The van der Waals surface area contributed by atoms with Crippen molar-refractivity contribution in [1.82, 2.24) is 4.90 Å². The van der Waals surface area contributed by atoms with Crippen molar-refractivity contribution >= 4 is 5.97 Å². The first kappa shape index (κ1) is 10.5. The molecule has 0 aromatic carbocycles. The van der Waals surface area contributed by atoms with Gasteiger partial charge >= 0.3 is 5.97 Å². The van der Waals surface area contributed by atoms with Crippen LogP contribution in [0, 0.1) is 0 Å². The summed E-state index contributed by atoms with van der Waals surface area (Å²) in [5, 5.41) is 0. The standard InChI is InChI=1S/C9H17NO3/c1-3-4-8(11)13-9-7-10(2)5-6-12-9/h9H,3-7H2,1-2H3. The molecule has 1 aliphatic rings. The fourth-order valence-corrected chi connectivity index (χ4v) is 1.22. The zero-order valence-electron chi connectivity index (χ0n) is 8.28. The third-order valence-electron chi connectivity index (χ3n) is 1.95. The predicted octanol–water partition coefficient (Wildman–Crippen LogP) is 0.618. The smallest absolute Gasteiger partial charge is 0.308 e. The molecular formula is C9H17NO3. The maximum Gasteiger partial charge on any atom is 0.308 e. The highest BCUT2D eigenvalue weighted by Gasteiger charge is 2.20. The largest absolute Gasteiger partial charge is 0.434 e. The molecule has 13 heavy (non-hydrogen) atoms. The van der Waals surface area contributed by atoms with Crippen molar-refractivity contribution in [3.8, 4) is 0 Å². The van der Waals surface area contributed by atoms with Crippen LogP contribution in [0.15, 0.2) is 0 Å². The third kappa shape index (κ3) is 3.74. The van der Waals surface area contributed by atoms with E-state index in [9.17, 15) is 4.79 Å². The fourth-order valence-electron chi connectivity index (χ4n) is 1.22. The minimum Gasteiger partial charge on any atom is -0.434 e. The first-order chi connectivity index (χ1) is 6.22. The van der Waals surface area contributed by atoms with Crippen molar-refractivity contribution in [2.24, 2.45) is 0 Å². The molecule has 0 bridgehead atoms. The number of rotatable bonds is 3. The molecule has 0 spiro atoms. The molecule has 4 nitrogen and oxygen atoms in total. The molecule has 1 rings (SSSR count). The van der Waals surface area contributed by atoms with Crippen LogP contribution in [0.2, 0.25) is 0 Å². The van der Waals surface area contributed by atoms with Gasteiger partial charge < -0.3 is 9.47 Å². The summed E-state index contributed by atoms with van der Waals surface area (Å²) in [5.41, 5.74) is 0. The Bertz CT molecular complexity index is 172. The van der Waals surface area contributed by atoms with Crippen molar-refractivity contribution in [1.29, 1.82) is 0 Å². The fraction of sp³-hybridized carbons (Fsp3) is 0.889. The maximum atomic E-state index is 11.1. The van der Waals surface area contributed by atoms with E-state index in [-0.39, 0.29) is 12.3 Å². The van der Waals surface area contributed by atoms with E-state index in [4.69, 9.17) is 9.47 Å². The third-order valence-corrected chi connectivity index (χ3v) is 1.95. The Hall–Kier alpha value is -0.610. The number of carbonyl (C=O) groups excluding carboxylic acids is 1. The lowest BCUT2D eigenvalue weighted by Crippen LogP contribution is -2.42. The van der Waals surface area contributed by atoms with E-state index in [1.165, 1.54) is 0 Å². The molecule has 0 N–H and O–H groups in total. The zero-order valence-corrected chi connectivity index (χ0v) is 8.28. The van der Waals surface area contributed by atoms with Crippen LogP contribution in [-0.4, -0.2) is 43.9 Å². The molecule has 1 unspecified atom stereocenters. The molecule has 0 aromatic heterocycles. The van der Waals surface area contributed by atoms with Gasteiger partial charge in [0, 0.05) is 13.0 Å². The van der Waals surface area contributed by atoms with Crippen LogP contribution in [0.4, 0.5) is 0 Å². The van der Waals surface area contributed by atoms with E-state index in [1.807, 2.05) is 14.0 Å². The molecule has 1 heterocycles. The maximum absolute atomic E-state index is 11.1. The molecule has 0 saturated carbocycles. The number of morpholine rings is 1. The van der Waals surface area contributed by atoms with E-state index >= 15 is 0 Å². The molecule has 0 aliphatic carbocycles. The van der Waals surface area contributed by atoms with E-state index in [0.29, 0.717) is 19.6 Å². The molecule has 76 valence electrons. The number of hydrogen-bond donors (Lipinski definition) is 0. The quantitative estimate of drug-likeness (QED) is 0.607. The number of nitrogens with zero attached hydrogens (tertiary/aromatic N) is 1. The van der Waals surface area contributed by atoms with Crippen molar-refractivity contribution in [2.45, 2.75) is 26.1 Å². The van der Waals surface area contributed by atoms with Gasteiger partial charge in [0.05, 0.1) is 13.2 Å². The molecule has 0 aromatic rings. The van der Waals surface area contributed by atoms with Gasteiger partial charge in [-0.1, -0.05) is 6.92 Å². The monoisotopic (exact) mass is 187 g/mol. The average Bonchev–Trinajstić information content (AvgIpc) is 2.04. The second kappa shape index (κ2) is 5.19. The molecular weight excluding hydrogens is 170 g/mol. The number of ether oxygens (including phenoxy) is 2. The van der Waals surface area contributed by atoms with Crippen LogP contribution in [-0.2, 0) is 14.3 Å². The van der Waals surface area contributed by atoms with Crippen LogP contribution in [0.1, 0.15) is 19.8 Å². The Morgan fingerprint density at radius 1 is 1.69 bits per heavy atom. The van der Waals surface area contributed by atoms with Crippen molar-refractivity contribution < 1.29 is 14.3 Å². The van der Waals surface area contributed by atoms with Gasteiger partial charge in [0.2, 0.25) is 6.29 Å². The van der Waals surface area contributed by atoms with Gasteiger partial charge in [-0.3, -0.25) is 9.69 Å². The molecule has 1 saturated heterocycles. The zero-order chi connectivity index (χ0) is 9.68. The van der Waals surface area contributed by atoms with Gasteiger partial charge in [-0.05, 0) is 13.5 Å². The molecule has 0 amide bonds. The summed E-state index contributed by atoms with van der Waals surface area (Å²) in [4.78, 5) is 13.2. The summed E-state index contributed by atoms with van der Waals surface area (Å²) in [6, 6.07) is 0. The summed E-state index contributed by atoms with van der Waals surface area (Å²) in [5.74, 6) is -0.164. The van der Waals surface area contributed by atoms with Crippen LogP contribution in [0.5, 0.6) is 0 Å². The van der Waals surface area contributed by atoms with E-state index in [1.54, 1.807) is 0 Å². The minimum atomic E-state index is -0.363. The van der Waals surface area contributed by atoms with Crippen molar-refractivity contribution in [3.05, 3.63) is 0 Å². The van der Waals surface area contributed by atoms with E-state index < -0.39 is 0 Å². The Balaban J connectivity index is 2.23. The number of hydrogen-bond acceptors (Lipinski definition) is 4. The van der Waals surface area contributed by atoms with Crippen molar-refractivity contribution in [2.75, 3.05) is 26.7 Å². The highest BCUT2D eigenvalue weighted by atomic mass is 16.7. The summed E-state index contributed by atoms with van der Waals surface area (Å²) >= 11 is 0. The molecule has 1 fully saturated rings. The molecule has 1 atom stereocenters. The second-order valence-electron chi connectivity index (χ2n) is 3.30. The van der Waals surface area contributed by atoms with Gasteiger partial charge in [-0.2, -0.15) is 0 Å². The van der Waals surface area contributed by atoms with Crippen molar-refractivity contribution in [3.63, 3.8) is 0 Å². The van der Waals surface area contributed by atoms with E-state index in [2.05, 4.69) is 4.90 Å². The summed E-state index contributed by atoms with van der Waals surface area (Å²) in [6.45, 7) is 4.17. The number of carbonyl (C=O) groups is 1. The predicted molar refractivity (Wildman–Crippen MR) is 48.2 cm³/mol. The SMILES string of the molecule is CCCC(=O)OC1CN(C)CCO1. The van der Waals surface area contributed by atoms with Gasteiger partial charge in [0.15, 0.2) is 0 Å². The topological polar surface area (TPSA) is 38.8 Å². The molecule has 4 heteroatoms. The lowest BCUT2D eigenvalue weighted by molar-refractivity contribution is -0.192. The van der Waals surface area contributed by atoms with Crippen LogP contribution in [0.25, 0.3) is 0 Å². The first-order valence-electron chi connectivity index (χ1n) is 4.72. The molecule has 0 radical (unpaired) electrons. The lowest BCUT2D eigenvalue weighted by atomic mass is 10.3. The summed E-state index contributed by atoms with van der Waals surface area (Å²) in [6.07, 6.45) is 0.933. The van der Waals surface area contributed by atoms with Gasteiger partial charge in [-0.15, -0.1) is 0 Å². The van der Waals surface area contributed by atoms with Gasteiger partial charge in [0.1, 0.15) is 0 Å². The minimum absolute atomic E-state index is 0.164. The average molecular weight is 187 g/mol. The highest BCUT2D eigenvalue weighted by Crippen LogP contribution is 2.06. The highest BCUT2D eigenvalue weighted by molar-refractivity contribution is 5.69. The normalized spacial score (nSPS) is 24.3. The Labute approximate surface area is 78.8 Å². The van der Waals surface area contributed by atoms with Crippen LogP contribution < -0.4 is 0 Å². The van der Waals surface area contributed by atoms with Crippen LogP contribution in [0.3, 0.4) is 0 Å². The Kier molecular flexibility index (Phi) is 4.18. The Morgan fingerprint density at radius 2 is 2.46 bits per heavy atom. The van der Waals surface area contributed by atoms with Crippen LogP contribution >= 0.6 is 0 Å². The van der Waals surface area contributed by atoms with Gasteiger partial charge in [0.25, 0.3) is 0 Å².